The second kappa shape index (κ2) is 5.19. The van der Waals surface area contributed by atoms with Crippen LogP contribution in [0.15, 0.2) is 12.1 Å². The van der Waals surface area contributed by atoms with Crippen molar-refractivity contribution in [1.82, 2.24) is 5.32 Å². The van der Waals surface area contributed by atoms with E-state index in [4.69, 9.17) is 23.2 Å². The van der Waals surface area contributed by atoms with E-state index in [1.165, 1.54) is 11.3 Å². The van der Waals surface area contributed by atoms with Crippen LogP contribution in [0.5, 0.6) is 0 Å². The minimum Gasteiger partial charge on any atom is -0.351 e. The first kappa shape index (κ1) is 12.8. The van der Waals surface area contributed by atoms with Crippen molar-refractivity contribution in [2.45, 2.75) is 13.8 Å². The van der Waals surface area contributed by atoms with E-state index in [2.05, 4.69) is 5.32 Å². The fourth-order valence-electron chi connectivity index (χ4n) is 0.890. The van der Waals surface area contributed by atoms with Crippen LogP contribution in [0.2, 0.25) is 4.34 Å². The highest BCUT2D eigenvalue weighted by atomic mass is 35.5. The Hall–Kier alpha value is -0.250. The van der Waals surface area contributed by atoms with Gasteiger partial charge in [-0.2, -0.15) is 0 Å². The summed E-state index contributed by atoms with van der Waals surface area (Å²) >= 11 is 12.8. The van der Waals surface area contributed by atoms with Crippen LogP contribution in [0.4, 0.5) is 0 Å². The van der Waals surface area contributed by atoms with Gasteiger partial charge in [-0.1, -0.05) is 25.4 Å². The van der Waals surface area contributed by atoms with E-state index in [-0.39, 0.29) is 11.3 Å². The molecule has 0 spiro atoms. The van der Waals surface area contributed by atoms with Gasteiger partial charge < -0.3 is 5.32 Å². The van der Waals surface area contributed by atoms with Gasteiger partial charge in [-0.15, -0.1) is 22.9 Å². The van der Waals surface area contributed by atoms with Gasteiger partial charge in [-0.25, -0.2) is 0 Å². The molecule has 0 aliphatic carbocycles. The Labute approximate surface area is 104 Å². The Kier molecular flexibility index (Phi) is 4.44. The van der Waals surface area contributed by atoms with Gasteiger partial charge >= 0.3 is 0 Å². The van der Waals surface area contributed by atoms with E-state index in [0.717, 1.165) is 0 Å². The summed E-state index contributed by atoms with van der Waals surface area (Å²) in [6, 6.07) is 3.43. The Bertz CT molecular complexity index is 349. The Morgan fingerprint density at radius 2 is 2.20 bits per heavy atom. The van der Waals surface area contributed by atoms with Crippen molar-refractivity contribution in [2.75, 3.05) is 12.4 Å². The molecule has 2 nitrogen and oxygen atoms in total. The third-order valence-electron chi connectivity index (χ3n) is 1.89. The van der Waals surface area contributed by atoms with E-state index in [1.807, 2.05) is 13.8 Å². The van der Waals surface area contributed by atoms with E-state index in [0.29, 0.717) is 21.6 Å². The molecule has 1 heterocycles. The van der Waals surface area contributed by atoms with Crippen molar-refractivity contribution in [3.05, 3.63) is 21.3 Å². The molecule has 15 heavy (non-hydrogen) atoms. The average molecular weight is 266 g/mol. The molecule has 1 rings (SSSR count). The number of carbonyl (C=O) groups is 1. The number of amides is 1. The first-order valence-electron chi connectivity index (χ1n) is 4.54. The number of carbonyl (C=O) groups excluding carboxylic acids is 1. The molecule has 0 radical (unpaired) electrons. The second-order valence-corrected chi connectivity index (χ2v) is 6.07. The summed E-state index contributed by atoms with van der Waals surface area (Å²) in [5.74, 6) is 0.420. The van der Waals surface area contributed by atoms with Crippen LogP contribution < -0.4 is 5.32 Å². The van der Waals surface area contributed by atoms with Crippen molar-refractivity contribution < 1.29 is 4.79 Å². The molecule has 0 unspecified atom stereocenters. The first-order valence-corrected chi connectivity index (χ1v) is 6.27. The SMILES string of the molecule is CC(C)(CCl)CNC(=O)c1ccc(Cl)s1. The fourth-order valence-corrected chi connectivity index (χ4v) is 1.94. The van der Waals surface area contributed by atoms with Gasteiger partial charge in [0.05, 0.1) is 9.21 Å². The minimum absolute atomic E-state index is 0.0850. The first-order chi connectivity index (χ1) is 6.94. The lowest BCUT2D eigenvalue weighted by Crippen LogP contribution is -2.34. The van der Waals surface area contributed by atoms with E-state index < -0.39 is 0 Å². The summed E-state index contributed by atoms with van der Waals surface area (Å²) in [5, 5.41) is 2.83. The zero-order valence-electron chi connectivity index (χ0n) is 8.64. The van der Waals surface area contributed by atoms with Crippen LogP contribution >= 0.6 is 34.5 Å². The van der Waals surface area contributed by atoms with E-state index in [1.54, 1.807) is 12.1 Å². The summed E-state index contributed by atoms with van der Waals surface area (Å²) in [4.78, 5) is 12.2. The van der Waals surface area contributed by atoms with Crippen LogP contribution in [0.3, 0.4) is 0 Å². The van der Waals surface area contributed by atoms with Gasteiger partial charge in [0, 0.05) is 12.4 Å². The van der Waals surface area contributed by atoms with Gasteiger partial charge in [-0.05, 0) is 17.5 Å². The molecule has 0 atom stereocenters. The molecule has 84 valence electrons. The molecule has 5 heteroatoms. The highest BCUT2D eigenvalue weighted by Gasteiger charge is 2.18. The lowest BCUT2D eigenvalue weighted by molar-refractivity contribution is 0.0944. The van der Waals surface area contributed by atoms with Gasteiger partial charge in [0.1, 0.15) is 0 Å². The molecule has 1 aromatic rings. The molecule has 0 bridgehead atoms. The lowest BCUT2D eigenvalue weighted by atomic mass is 9.96. The van der Waals surface area contributed by atoms with Crippen LogP contribution in [0, 0.1) is 5.41 Å². The third kappa shape index (κ3) is 4.01. The van der Waals surface area contributed by atoms with Crippen LogP contribution in [-0.2, 0) is 0 Å². The monoisotopic (exact) mass is 265 g/mol. The van der Waals surface area contributed by atoms with Gasteiger partial charge in [0.2, 0.25) is 0 Å². The predicted molar refractivity (Wildman–Crippen MR) is 66.2 cm³/mol. The van der Waals surface area contributed by atoms with Crippen molar-refractivity contribution in [1.29, 1.82) is 0 Å². The maximum atomic E-state index is 11.6. The molecular formula is C10H13Cl2NOS. The van der Waals surface area contributed by atoms with Crippen molar-refractivity contribution >= 4 is 40.4 Å². The Balaban J connectivity index is 2.50. The number of hydrogen-bond donors (Lipinski definition) is 1. The Morgan fingerprint density at radius 1 is 1.53 bits per heavy atom. The van der Waals surface area contributed by atoms with Crippen molar-refractivity contribution in [3.8, 4) is 0 Å². The van der Waals surface area contributed by atoms with Gasteiger partial charge in [0.25, 0.3) is 5.91 Å². The van der Waals surface area contributed by atoms with E-state index >= 15 is 0 Å². The number of rotatable bonds is 4. The molecular weight excluding hydrogens is 253 g/mol. The highest BCUT2D eigenvalue weighted by molar-refractivity contribution is 7.17. The van der Waals surface area contributed by atoms with Crippen LogP contribution in [0.25, 0.3) is 0 Å². The summed E-state index contributed by atoms with van der Waals surface area (Å²) < 4.78 is 0.622. The minimum atomic E-state index is -0.0925. The third-order valence-corrected chi connectivity index (χ3v) is 3.84. The molecule has 0 aliphatic heterocycles. The number of nitrogens with one attached hydrogen (secondary N) is 1. The van der Waals surface area contributed by atoms with Crippen LogP contribution in [0.1, 0.15) is 23.5 Å². The quantitative estimate of drug-likeness (QED) is 0.831. The molecule has 1 amide bonds. The maximum absolute atomic E-state index is 11.6. The predicted octanol–water partition coefficient (Wildman–Crippen LogP) is 3.40. The number of alkyl halides is 1. The zero-order chi connectivity index (χ0) is 11.5. The largest absolute Gasteiger partial charge is 0.351 e. The lowest BCUT2D eigenvalue weighted by Gasteiger charge is -2.21. The molecule has 1 aromatic heterocycles. The molecule has 1 N–H and O–H groups in total. The Morgan fingerprint density at radius 3 is 2.67 bits per heavy atom. The van der Waals surface area contributed by atoms with Crippen molar-refractivity contribution in [3.63, 3.8) is 0 Å². The summed E-state index contributed by atoms with van der Waals surface area (Å²) in [7, 11) is 0. The summed E-state index contributed by atoms with van der Waals surface area (Å²) in [6.07, 6.45) is 0. The van der Waals surface area contributed by atoms with Gasteiger partial charge in [-0.3, -0.25) is 4.79 Å². The number of hydrogen-bond acceptors (Lipinski definition) is 2. The average Bonchev–Trinajstić information content (AvgIpc) is 2.61. The number of halogens is 2. The molecule has 0 aromatic carbocycles. The molecule has 0 fully saturated rings. The van der Waals surface area contributed by atoms with Crippen molar-refractivity contribution in [2.24, 2.45) is 5.41 Å². The standard InChI is InChI=1S/C10H13Cl2NOS/c1-10(2,5-11)6-13-9(14)7-3-4-8(12)15-7/h3-4H,5-6H2,1-2H3,(H,13,14). The summed E-state index contributed by atoms with van der Waals surface area (Å²) in [5.41, 5.74) is -0.0850. The maximum Gasteiger partial charge on any atom is 0.261 e. The van der Waals surface area contributed by atoms with Crippen LogP contribution in [-0.4, -0.2) is 18.3 Å². The normalized spacial score (nSPS) is 11.5. The topological polar surface area (TPSA) is 29.1 Å². The fraction of sp³-hybridized carbons (Fsp3) is 0.500. The molecule has 0 saturated heterocycles. The second-order valence-electron chi connectivity index (χ2n) is 4.08. The molecule has 0 aliphatic rings. The summed E-state index contributed by atoms with van der Waals surface area (Å²) in [6.45, 7) is 4.56. The van der Waals surface area contributed by atoms with E-state index in [9.17, 15) is 4.79 Å². The number of thiophene rings is 1. The molecule has 0 saturated carbocycles. The van der Waals surface area contributed by atoms with Gasteiger partial charge in [0.15, 0.2) is 0 Å². The highest BCUT2D eigenvalue weighted by Crippen LogP contribution is 2.21. The zero-order valence-corrected chi connectivity index (χ0v) is 11.0. The smallest absolute Gasteiger partial charge is 0.261 e.